The smallest absolute Gasteiger partial charge is 0.340 e. The molecule has 3 aromatic rings. The third-order valence-corrected chi connectivity index (χ3v) is 8.74. The molecule has 1 aliphatic heterocycles. The van der Waals surface area contributed by atoms with Crippen molar-refractivity contribution in [2.75, 3.05) is 13.7 Å². The molecule has 0 bridgehead atoms. The maximum absolute atomic E-state index is 13.7. The summed E-state index contributed by atoms with van der Waals surface area (Å²) in [5, 5.41) is 0.550. The second kappa shape index (κ2) is 12.5. The van der Waals surface area contributed by atoms with Gasteiger partial charge in [0.15, 0.2) is 0 Å². The molecule has 0 aliphatic carbocycles. The summed E-state index contributed by atoms with van der Waals surface area (Å²) in [5.74, 6) is -0.0711. The molecular formula is C31H33ClN2O6S. The summed E-state index contributed by atoms with van der Waals surface area (Å²) in [6.45, 7) is 8.04. The fourth-order valence-electron chi connectivity index (χ4n) is 4.56. The number of ether oxygens (including phenoxy) is 1. The number of rotatable bonds is 10. The largest absolute Gasteiger partial charge is 0.465 e. The number of carbonyl (C=O) groups is 2. The Labute approximate surface area is 245 Å². The van der Waals surface area contributed by atoms with Gasteiger partial charge in [0.05, 0.1) is 29.7 Å². The number of nitrogens with zero attached hydrogens (tertiary/aromatic N) is 2. The highest BCUT2D eigenvalue weighted by atomic mass is 35.5. The first-order valence-corrected chi connectivity index (χ1v) is 15.0. The van der Waals surface area contributed by atoms with Gasteiger partial charge in [-0.3, -0.25) is 4.79 Å². The Kier molecular flexibility index (Phi) is 9.21. The maximum Gasteiger partial charge on any atom is 0.340 e. The minimum absolute atomic E-state index is 0.0614. The number of esters is 1. The highest BCUT2D eigenvalue weighted by Crippen LogP contribution is 2.33. The van der Waals surface area contributed by atoms with Crippen molar-refractivity contribution in [3.8, 4) is 0 Å². The fourth-order valence-corrected chi connectivity index (χ4v) is 6.09. The zero-order chi connectivity index (χ0) is 29.9. The molecule has 0 saturated carbocycles. The minimum atomic E-state index is -3.90. The number of sulfonamides is 1. The zero-order valence-electron chi connectivity index (χ0n) is 23.7. The van der Waals surface area contributed by atoms with E-state index in [1.165, 1.54) is 17.5 Å². The first kappa shape index (κ1) is 30.3. The molecule has 0 spiro atoms. The van der Waals surface area contributed by atoms with Crippen molar-refractivity contribution < 1.29 is 27.2 Å². The molecular weight excluding hydrogens is 564 g/mol. The van der Waals surface area contributed by atoms with Gasteiger partial charge in [0.25, 0.3) is 5.91 Å². The molecule has 2 aromatic carbocycles. The maximum atomic E-state index is 13.7. The number of carbonyl (C=O) groups excluding carboxylic acids is 2. The van der Waals surface area contributed by atoms with Gasteiger partial charge in [-0.15, -0.1) is 0 Å². The molecule has 0 atom stereocenters. The number of halogens is 1. The minimum Gasteiger partial charge on any atom is -0.465 e. The number of benzene rings is 2. The third-order valence-electron chi connectivity index (χ3n) is 6.68. The molecule has 0 N–H and O–H groups in total. The van der Waals surface area contributed by atoms with Crippen LogP contribution in [0.25, 0.3) is 6.08 Å². The molecule has 1 amide bonds. The Hall–Kier alpha value is -3.66. The van der Waals surface area contributed by atoms with E-state index in [0.717, 1.165) is 11.1 Å². The van der Waals surface area contributed by atoms with Crippen LogP contribution in [0.5, 0.6) is 0 Å². The van der Waals surface area contributed by atoms with Crippen LogP contribution in [0, 0.1) is 12.8 Å². The quantitative estimate of drug-likeness (QED) is 0.212. The lowest BCUT2D eigenvalue weighted by Crippen LogP contribution is -2.30. The van der Waals surface area contributed by atoms with Crippen LogP contribution in [-0.2, 0) is 37.4 Å². The summed E-state index contributed by atoms with van der Waals surface area (Å²) in [6, 6.07) is 16.9. The van der Waals surface area contributed by atoms with Gasteiger partial charge in [-0.05, 0) is 67.8 Å². The lowest BCUT2D eigenvalue weighted by atomic mass is 10.1. The van der Waals surface area contributed by atoms with Gasteiger partial charge in [0, 0.05) is 23.8 Å². The average Bonchev–Trinajstić information content (AvgIpc) is 3.46. The van der Waals surface area contributed by atoms with Crippen LogP contribution in [0.1, 0.15) is 43.4 Å². The molecule has 0 unspecified atom stereocenters. The molecule has 1 aromatic heterocycles. The van der Waals surface area contributed by atoms with Crippen LogP contribution < -0.4 is 0 Å². The zero-order valence-corrected chi connectivity index (χ0v) is 25.3. The van der Waals surface area contributed by atoms with Crippen molar-refractivity contribution in [3.05, 3.63) is 105 Å². The van der Waals surface area contributed by atoms with E-state index in [2.05, 4.69) is 0 Å². The molecule has 0 radical (unpaired) electrons. The highest BCUT2D eigenvalue weighted by Gasteiger charge is 2.37. The Balaban J connectivity index is 1.67. The molecule has 0 saturated heterocycles. The number of amides is 1. The van der Waals surface area contributed by atoms with Gasteiger partial charge < -0.3 is 14.1 Å². The Morgan fingerprint density at radius 1 is 1.02 bits per heavy atom. The third kappa shape index (κ3) is 6.81. The van der Waals surface area contributed by atoms with E-state index >= 15 is 0 Å². The van der Waals surface area contributed by atoms with Crippen LogP contribution in [0.4, 0.5) is 0 Å². The van der Waals surface area contributed by atoms with Crippen molar-refractivity contribution in [1.82, 2.24) is 9.21 Å². The van der Waals surface area contributed by atoms with Crippen LogP contribution in [0.2, 0.25) is 5.02 Å². The van der Waals surface area contributed by atoms with Crippen LogP contribution in [-0.4, -0.2) is 43.2 Å². The number of aryl methyl sites for hydroxylation is 1. The van der Waals surface area contributed by atoms with E-state index in [1.807, 2.05) is 20.8 Å². The van der Waals surface area contributed by atoms with E-state index in [1.54, 1.807) is 72.5 Å². The van der Waals surface area contributed by atoms with E-state index in [-0.39, 0.29) is 41.0 Å². The number of furan rings is 1. The predicted octanol–water partition coefficient (Wildman–Crippen LogP) is 5.96. The molecule has 216 valence electrons. The fraction of sp³-hybridized carbons (Fsp3) is 0.290. The van der Waals surface area contributed by atoms with Crippen molar-refractivity contribution in [2.45, 2.75) is 45.7 Å². The normalized spacial score (nSPS) is 15.1. The van der Waals surface area contributed by atoms with E-state index in [0.29, 0.717) is 28.8 Å². The molecule has 1 aliphatic rings. The summed E-state index contributed by atoms with van der Waals surface area (Å²) < 4.78 is 39.7. The second-order valence-corrected chi connectivity index (χ2v) is 12.7. The Morgan fingerprint density at radius 2 is 1.68 bits per heavy atom. The monoisotopic (exact) mass is 596 g/mol. The van der Waals surface area contributed by atoms with Gasteiger partial charge in [-0.25, -0.2) is 13.2 Å². The number of hydrogen-bond acceptors (Lipinski definition) is 6. The first-order valence-electron chi connectivity index (χ1n) is 13.1. The van der Waals surface area contributed by atoms with E-state index in [4.69, 9.17) is 20.8 Å². The molecule has 2 heterocycles. The van der Waals surface area contributed by atoms with Gasteiger partial charge >= 0.3 is 5.97 Å². The lowest BCUT2D eigenvalue weighted by Gasteiger charge is -2.21. The van der Waals surface area contributed by atoms with Crippen molar-refractivity contribution in [2.24, 2.45) is 5.92 Å². The number of allylic oxidation sites excluding steroid dienone is 1. The van der Waals surface area contributed by atoms with Gasteiger partial charge in [-0.1, -0.05) is 55.3 Å². The van der Waals surface area contributed by atoms with E-state index < -0.39 is 16.0 Å². The number of methoxy groups -OCH3 is 1. The highest BCUT2D eigenvalue weighted by molar-refractivity contribution is 7.89. The Bertz CT molecular complexity index is 1600. The van der Waals surface area contributed by atoms with Crippen LogP contribution >= 0.6 is 11.6 Å². The average molecular weight is 597 g/mol. The molecule has 0 fully saturated rings. The number of hydrogen-bond donors (Lipinski definition) is 0. The predicted molar refractivity (Wildman–Crippen MR) is 157 cm³/mol. The topological polar surface area (TPSA) is 97.1 Å². The summed E-state index contributed by atoms with van der Waals surface area (Å²) in [6.07, 6.45) is 1.50. The van der Waals surface area contributed by atoms with Crippen LogP contribution in [0.15, 0.2) is 86.8 Å². The van der Waals surface area contributed by atoms with Crippen molar-refractivity contribution >= 4 is 39.6 Å². The van der Waals surface area contributed by atoms with Gasteiger partial charge in [0.1, 0.15) is 11.5 Å². The summed E-state index contributed by atoms with van der Waals surface area (Å²) in [4.78, 5) is 27.6. The van der Waals surface area contributed by atoms with Crippen molar-refractivity contribution in [1.29, 1.82) is 0 Å². The molecule has 8 nitrogen and oxygen atoms in total. The van der Waals surface area contributed by atoms with Gasteiger partial charge in [0.2, 0.25) is 10.0 Å². The SMILES string of the molecule is COC(=O)C1=C(C)N(CC(C)C)C(=O)/C1=C/c1ccc(CN(Cc2ccc(Cl)cc2)S(=O)(=O)c2ccc(C)cc2)o1. The van der Waals surface area contributed by atoms with E-state index in [9.17, 15) is 18.0 Å². The first-order chi connectivity index (χ1) is 19.4. The second-order valence-electron chi connectivity index (χ2n) is 10.3. The summed E-state index contributed by atoms with van der Waals surface area (Å²) >= 11 is 6.03. The molecule has 4 rings (SSSR count). The molecule has 41 heavy (non-hydrogen) atoms. The standard InChI is InChI=1S/C31H33ClN2O6S/c1-20(2)17-34-22(4)29(31(36)39-5)28(30(34)35)16-25-12-13-26(40-25)19-33(18-23-8-10-24(32)11-9-23)41(37,38)27-14-6-21(3)7-15-27/h6-16,20H,17-19H2,1-5H3/b28-16+. The Morgan fingerprint density at radius 3 is 2.29 bits per heavy atom. The van der Waals surface area contributed by atoms with Gasteiger partial charge in [-0.2, -0.15) is 4.31 Å². The molecule has 10 heteroatoms. The summed E-state index contributed by atoms with van der Waals surface area (Å²) in [7, 11) is -2.63. The summed E-state index contributed by atoms with van der Waals surface area (Å²) in [5.41, 5.74) is 2.57. The lowest BCUT2D eigenvalue weighted by molar-refractivity contribution is -0.136. The van der Waals surface area contributed by atoms with Crippen molar-refractivity contribution in [3.63, 3.8) is 0 Å². The van der Waals surface area contributed by atoms with Crippen LogP contribution in [0.3, 0.4) is 0 Å².